The first-order chi connectivity index (χ1) is 11.1. The van der Waals surface area contributed by atoms with Gasteiger partial charge in [0.2, 0.25) is 0 Å². The second-order valence-corrected chi connectivity index (χ2v) is 7.49. The zero-order valence-electron chi connectivity index (χ0n) is 13.8. The third kappa shape index (κ3) is 2.37. The topological polar surface area (TPSA) is 46.3 Å². The van der Waals surface area contributed by atoms with Gasteiger partial charge in [-0.05, 0) is 46.2 Å². The number of fused-ring (bicyclic) bond motifs is 1. The van der Waals surface area contributed by atoms with E-state index in [-0.39, 0.29) is 5.54 Å². The van der Waals surface area contributed by atoms with Gasteiger partial charge in [0.25, 0.3) is 0 Å². The predicted molar refractivity (Wildman–Crippen MR) is 91.6 cm³/mol. The highest BCUT2D eigenvalue weighted by Gasteiger charge is 2.40. The molecular formula is C17H21N5S. The Kier molecular flexibility index (Phi) is 3.46. The van der Waals surface area contributed by atoms with Crippen LogP contribution in [0.25, 0.3) is 5.65 Å². The zero-order chi connectivity index (χ0) is 16.0. The van der Waals surface area contributed by atoms with E-state index in [9.17, 15) is 0 Å². The Morgan fingerprint density at radius 1 is 1.30 bits per heavy atom. The van der Waals surface area contributed by atoms with Crippen LogP contribution in [-0.4, -0.2) is 31.0 Å². The van der Waals surface area contributed by atoms with Crippen LogP contribution in [0.5, 0.6) is 0 Å². The van der Waals surface area contributed by atoms with Gasteiger partial charge in [0.05, 0.1) is 28.1 Å². The van der Waals surface area contributed by atoms with Crippen molar-refractivity contribution in [2.45, 2.75) is 45.7 Å². The molecule has 0 N–H and O–H groups in total. The number of likely N-dealkylation sites (tertiary alicyclic amines) is 1. The molecule has 23 heavy (non-hydrogen) atoms. The fraction of sp³-hybridized carbons (Fsp3) is 0.471. The van der Waals surface area contributed by atoms with Crippen molar-refractivity contribution in [1.29, 1.82) is 0 Å². The number of rotatable bonds is 3. The summed E-state index contributed by atoms with van der Waals surface area (Å²) in [6.07, 6.45) is 4.26. The molecule has 1 aliphatic heterocycles. The first-order valence-electron chi connectivity index (χ1n) is 8.04. The Hall–Kier alpha value is -1.79. The van der Waals surface area contributed by atoms with Crippen molar-refractivity contribution in [2.24, 2.45) is 0 Å². The third-order valence-electron chi connectivity index (χ3n) is 5.00. The molecule has 120 valence electrons. The molecule has 3 aromatic heterocycles. The van der Waals surface area contributed by atoms with Crippen molar-refractivity contribution in [3.63, 3.8) is 0 Å². The maximum absolute atomic E-state index is 4.67. The van der Waals surface area contributed by atoms with Crippen LogP contribution in [0.3, 0.4) is 0 Å². The molecule has 0 saturated carbocycles. The minimum Gasteiger partial charge on any atom is -0.287 e. The largest absolute Gasteiger partial charge is 0.287 e. The summed E-state index contributed by atoms with van der Waals surface area (Å²) >= 11 is 1.75. The lowest BCUT2D eigenvalue weighted by Crippen LogP contribution is -2.39. The summed E-state index contributed by atoms with van der Waals surface area (Å²) in [4.78, 5) is 12.8. The summed E-state index contributed by atoms with van der Waals surface area (Å²) in [6.45, 7) is 8.52. The summed E-state index contributed by atoms with van der Waals surface area (Å²) in [6, 6.07) is 4.16. The Labute approximate surface area is 140 Å². The van der Waals surface area contributed by atoms with Gasteiger partial charge in [0, 0.05) is 23.7 Å². The van der Waals surface area contributed by atoms with Crippen LogP contribution in [0.15, 0.2) is 23.8 Å². The third-order valence-corrected chi connectivity index (χ3v) is 5.92. The van der Waals surface area contributed by atoms with E-state index in [0.717, 1.165) is 36.5 Å². The molecule has 4 rings (SSSR count). The predicted octanol–water partition coefficient (Wildman–Crippen LogP) is 3.31. The van der Waals surface area contributed by atoms with Crippen molar-refractivity contribution in [3.05, 3.63) is 45.8 Å². The molecule has 5 nitrogen and oxygen atoms in total. The van der Waals surface area contributed by atoms with Crippen molar-refractivity contribution in [1.82, 2.24) is 24.5 Å². The van der Waals surface area contributed by atoms with Crippen molar-refractivity contribution in [3.8, 4) is 0 Å². The van der Waals surface area contributed by atoms with Crippen LogP contribution in [-0.2, 0) is 12.1 Å². The normalized spacial score (nSPS) is 22.2. The minimum absolute atomic E-state index is 0.0178. The van der Waals surface area contributed by atoms with Crippen LogP contribution < -0.4 is 0 Å². The molecule has 1 fully saturated rings. The highest BCUT2D eigenvalue weighted by molar-refractivity contribution is 7.09. The van der Waals surface area contributed by atoms with Gasteiger partial charge in [-0.1, -0.05) is 0 Å². The van der Waals surface area contributed by atoms with Gasteiger partial charge in [-0.2, -0.15) is 5.10 Å². The van der Waals surface area contributed by atoms with E-state index in [2.05, 4.69) is 39.9 Å². The van der Waals surface area contributed by atoms with Crippen molar-refractivity contribution in [2.75, 3.05) is 6.54 Å². The quantitative estimate of drug-likeness (QED) is 0.740. The van der Waals surface area contributed by atoms with E-state index in [1.54, 1.807) is 11.3 Å². The maximum Gasteiger partial charge on any atom is 0.155 e. The lowest BCUT2D eigenvalue weighted by atomic mass is 9.94. The zero-order valence-corrected chi connectivity index (χ0v) is 14.6. The average molecular weight is 327 g/mol. The second-order valence-electron chi connectivity index (χ2n) is 6.55. The highest BCUT2D eigenvalue weighted by atomic mass is 32.1. The Balaban J connectivity index is 1.76. The molecular weight excluding hydrogens is 306 g/mol. The van der Waals surface area contributed by atoms with Crippen LogP contribution in [0.4, 0.5) is 0 Å². The molecule has 0 unspecified atom stereocenters. The van der Waals surface area contributed by atoms with E-state index < -0.39 is 0 Å². The van der Waals surface area contributed by atoms with Gasteiger partial charge < -0.3 is 0 Å². The Bertz CT molecular complexity index is 852. The SMILES string of the molecule is Cc1cc2nccc([C@]3(C)CCCN3Cc3scnc3C)n2n1. The monoisotopic (exact) mass is 327 g/mol. The van der Waals surface area contributed by atoms with E-state index in [1.807, 2.05) is 29.2 Å². The first kappa shape index (κ1) is 14.8. The van der Waals surface area contributed by atoms with Crippen molar-refractivity contribution < 1.29 is 0 Å². The molecule has 6 heteroatoms. The van der Waals surface area contributed by atoms with Gasteiger partial charge >= 0.3 is 0 Å². The minimum atomic E-state index is -0.0178. The summed E-state index contributed by atoms with van der Waals surface area (Å²) < 4.78 is 2.02. The molecule has 0 bridgehead atoms. The Morgan fingerprint density at radius 2 is 2.17 bits per heavy atom. The molecule has 0 radical (unpaired) electrons. The molecule has 0 spiro atoms. The van der Waals surface area contributed by atoms with Crippen molar-refractivity contribution >= 4 is 17.0 Å². The fourth-order valence-corrected chi connectivity index (χ4v) is 4.42. The summed E-state index contributed by atoms with van der Waals surface area (Å²) in [7, 11) is 0. The van der Waals surface area contributed by atoms with Crippen LogP contribution in [0.1, 0.15) is 41.7 Å². The van der Waals surface area contributed by atoms with Gasteiger partial charge in [-0.15, -0.1) is 11.3 Å². The number of aryl methyl sites for hydroxylation is 2. The van der Waals surface area contributed by atoms with Crippen LogP contribution >= 0.6 is 11.3 Å². The summed E-state index contributed by atoms with van der Waals surface area (Å²) in [5.74, 6) is 0. The molecule has 0 aliphatic carbocycles. The van der Waals surface area contributed by atoms with Gasteiger partial charge in [0.1, 0.15) is 0 Å². The van der Waals surface area contributed by atoms with E-state index in [1.165, 1.54) is 17.0 Å². The number of hydrogen-bond acceptors (Lipinski definition) is 5. The molecule has 0 aromatic carbocycles. The summed E-state index contributed by atoms with van der Waals surface area (Å²) in [5, 5.41) is 4.67. The lowest BCUT2D eigenvalue weighted by molar-refractivity contribution is 0.141. The number of nitrogens with zero attached hydrogens (tertiary/aromatic N) is 5. The Morgan fingerprint density at radius 3 is 2.96 bits per heavy atom. The number of hydrogen-bond donors (Lipinski definition) is 0. The fourth-order valence-electron chi connectivity index (χ4n) is 3.63. The molecule has 4 heterocycles. The van der Waals surface area contributed by atoms with Gasteiger partial charge in [0.15, 0.2) is 5.65 Å². The molecule has 3 aromatic rings. The molecule has 1 aliphatic rings. The smallest absolute Gasteiger partial charge is 0.155 e. The maximum atomic E-state index is 4.67. The standard InChI is InChI=1S/C17H21N5S/c1-12-9-16-18-7-5-15(22(16)20-12)17(3)6-4-8-21(17)10-14-13(2)19-11-23-14/h5,7,9,11H,4,6,8,10H2,1-3H3/t17-/m0/s1. The van der Waals surface area contributed by atoms with Gasteiger partial charge in [-0.25, -0.2) is 14.5 Å². The second kappa shape index (κ2) is 5.39. The number of aromatic nitrogens is 4. The highest BCUT2D eigenvalue weighted by Crippen LogP contribution is 2.39. The average Bonchev–Trinajstić information content (AvgIpc) is 3.19. The van der Waals surface area contributed by atoms with E-state index in [0.29, 0.717) is 0 Å². The van der Waals surface area contributed by atoms with E-state index in [4.69, 9.17) is 0 Å². The van der Waals surface area contributed by atoms with Crippen LogP contribution in [0, 0.1) is 13.8 Å². The molecule has 0 amide bonds. The first-order valence-corrected chi connectivity index (χ1v) is 8.92. The summed E-state index contributed by atoms with van der Waals surface area (Å²) in [5.41, 5.74) is 6.25. The van der Waals surface area contributed by atoms with E-state index >= 15 is 0 Å². The van der Waals surface area contributed by atoms with Crippen LogP contribution in [0.2, 0.25) is 0 Å². The molecule has 1 atom stereocenters. The lowest BCUT2D eigenvalue weighted by Gasteiger charge is -2.35. The number of thiazole rings is 1. The molecule has 1 saturated heterocycles. The van der Waals surface area contributed by atoms with Gasteiger partial charge in [-0.3, -0.25) is 4.90 Å².